The third kappa shape index (κ3) is 3.32. The Labute approximate surface area is 364 Å². The Morgan fingerprint density at radius 2 is 0.625 bits per heavy atom. The molecule has 6 aliphatic rings. The molecule has 0 saturated carbocycles. The Hall–Kier alpha value is -9.17. The first-order chi connectivity index (χ1) is 31.6. The Morgan fingerprint density at radius 1 is 0.344 bits per heavy atom. The van der Waals surface area contributed by atoms with Crippen LogP contribution in [0.5, 0.6) is 0 Å². The normalized spacial score (nSPS) is 20.3. The number of nitrogens with zero attached hydrogens (tertiary/aromatic N) is 10. The number of anilines is 3. The number of rotatable bonds is 0. The van der Waals surface area contributed by atoms with Crippen molar-refractivity contribution < 1.29 is 0 Å². The topological polar surface area (TPSA) is 152 Å². The maximum Gasteiger partial charge on any atom is 0.110 e. The number of nitriles is 3. The molecule has 10 heteroatoms. The largest absolute Gasteiger partial charge is 0.308 e. The summed E-state index contributed by atoms with van der Waals surface area (Å²) in [6.07, 6.45) is 10.6. The van der Waals surface area contributed by atoms with Crippen molar-refractivity contribution in [3.8, 4) is 51.6 Å². The molecule has 3 aliphatic carbocycles. The molecule has 3 spiro atoms. The van der Waals surface area contributed by atoms with E-state index >= 15 is 0 Å². The average molecular weight is 813 g/mol. The zero-order valence-electron chi connectivity index (χ0n) is 33.3. The molecule has 0 saturated heterocycles. The van der Waals surface area contributed by atoms with Gasteiger partial charge in [-0.2, -0.15) is 15.8 Å². The summed E-state index contributed by atoms with van der Waals surface area (Å²) in [5.74, 6) is 0. The van der Waals surface area contributed by atoms with Gasteiger partial charge in [0.15, 0.2) is 0 Å². The van der Waals surface area contributed by atoms with Crippen LogP contribution in [0.1, 0.15) is 84.2 Å². The van der Waals surface area contributed by atoms with Gasteiger partial charge in [-0.15, -0.1) is 0 Å². The highest BCUT2D eigenvalue weighted by molar-refractivity contribution is 6.06. The third-order valence-corrected chi connectivity index (χ3v) is 14.7. The van der Waals surface area contributed by atoms with Crippen LogP contribution in [-0.4, -0.2) is 29.9 Å². The summed E-state index contributed by atoms with van der Waals surface area (Å²) in [4.78, 5) is 34.2. The Morgan fingerprint density at radius 3 is 0.906 bits per heavy atom. The van der Waals surface area contributed by atoms with Crippen molar-refractivity contribution in [3.05, 3.63) is 231 Å². The molecule has 0 N–H and O–H groups in total. The second kappa shape index (κ2) is 11.0. The van der Waals surface area contributed by atoms with Crippen LogP contribution in [0.4, 0.5) is 17.1 Å². The van der Waals surface area contributed by atoms with Crippen molar-refractivity contribution in [1.29, 1.82) is 15.8 Å². The summed E-state index contributed by atoms with van der Waals surface area (Å²) in [5, 5.41) is 30.7. The highest BCUT2D eigenvalue weighted by atomic mass is 15.2. The van der Waals surface area contributed by atoms with Crippen LogP contribution in [0, 0.1) is 34.0 Å². The van der Waals surface area contributed by atoms with Gasteiger partial charge in [-0.25, -0.2) is 0 Å². The van der Waals surface area contributed by atoms with Gasteiger partial charge >= 0.3 is 0 Å². The predicted molar refractivity (Wildman–Crippen MR) is 235 cm³/mol. The zero-order valence-corrected chi connectivity index (χ0v) is 33.3. The Bertz CT molecular complexity index is 3420. The lowest BCUT2D eigenvalue weighted by Gasteiger charge is -2.55. The van der Waals surface area contributed by atoms with Gasteiger partial charge in [0.25, 0.3) is 0 Å². The third-order valence-electron chi connectivity index (χ3n) is 14.7. The molecule has 290 valence electrons. The van der Waals surface area contributed by atoms with Crippen LogP contribution in [0.2, 0.25) is 0 Å². The monoisotopic (exact) mass is 812 g/mol. The van der Waals surface area contributed by atoms with Crippen LogP contribution in [0.3, 0.4) is 0 Å². The molecule has 0 unspecified atom stereocenters. The van der Waals surface area contributed by atoms with E-state index in [9.17, 15) is 15.8 Å². The van der Waals surface area contributed by atoms with E-state index in [0.29, 0.717) is 16.7 Å². The molecule has 9 heterocycles. The Balaban J connectivity index is 1.21. The number of pyridine rings is 6. The van der Waals surface area contributed by atoms with Gasteiger partial charge < -0.3 is 4.90 Å². The van der Waals surface area contributed by atoms with E-state index in [0.717, 1.165) is 118 Å². The van der Waals surface area contributed by atoms with E-state index < -0.39 is 16.2 Å². The maximum absolute atomic E-state index is 10.2. The molecule has 0 bridgehead atoms. The van der Waals surface area contributed by atoms with E-state index in [1.165, 1.54) is 0 Å². The molecular weight excluding hydrogens is 789 g/mol. The van der Waals surface area contributed by atoms with Gasteiger partial charge in [-0.1, -0.05) is 72.8 Å². The molecular formula is C54H24N10. The second-order valence-corrected chi connectivity index (χ2v) is 17.1. The van der Waals surface area contributed by atoms with Gasteiger partial charge in [0.05, 0.1) is 67.9 Å². The summed E-state index contributed by atoms with van der Waals surface area (Å²) in [6.45, 7) is 0. The lowest BCUT2D eigenvalue weighted by atomic mass is 9.56. The van der Waals surface area contributed by atoms with Crippen LogP contribution in [0.25, 0.3) is 33.4 Å². The molecule has 0 atom stereocenters. The standard InChI is InChI=1S/C54H24N10/c55-22-28-19-34-31-7-4-16-58-46(31)52(49(34)61-25-28)37-10-1-11-38-43(37)64-44-39(52)12-2-14-41(44)54(48-33(9-6-18-60-48)36-21-30(24-57)27-63-51(36)54)42-15-3-13-40(45(42)64)53(38)47-32(8-5-17-59-47)35-20-29(23-56)26-62-50(35)53/h1-21,25-27H. The first kappa shape index (κ1) is 33.5. The first-order valence-electron chi connectivity index (χ1n) is 20.9. The van der Waals surface area contributed by atoms with Gasteiger partial charge in [0.1, 0.15) is 34.5 Å². The minimum Gasteiger partial charge on any atom is -0.308 e. The highest BCUT2D eigenvalue weighted by Crippen LogP contribution is 2.74. The van der Waals surface area contributed by atoms with Gasteiger partial charge in [0, 0.05) is 70.6 Å². The zero-order chi connectivity index (χ0) is 42.3. The van der Waals surface area contributed by atoms with Crippen molar-refractivity contribution in [2.24, 2.45) is 0 Å². The number of aromatic nitrogens is 6. The summed E-state index contributed by atoms with van der Waals surface area (Å²) in [6, 6.07) is 44.6. The van der Waals surface area contributed by atoms with Gasteiger partial charge in [-0.3, -0.25) is 29.9 Å². The van der Waals surface area contributed by atoms with E-state index in [2.05, 4.69) is 95.9 Å². The SMILES string of the molecule is N#Cc1cnc2c(c1)-c1cccnc1C21c2cccc3c2N2c4c1cccc4C1(c4cccc(c42)C32c3ncccc3-c3cc(C#N)cnc32)c2ncccc2-c2cc(C#N)cnc21. The number of hydrogen-bond acceptors (Lipinski definition) is 10. The molecule has 3 aromatic carbocycles. The van der Waals surface area contributed by atoms with E-state index in [1.807, 2.05) is 55.0 Å². The summed E-state index contributed by atoms with van der Waals surface area (Å²) in [7, 11) is 0. The fourth-order valence-corrected chi connectivity index (χ4v) is 12.7. The van der Waals surface area contributed by atoms with Gasteiger partial charge in [-0.05, 0) is 69.8 Å². The number of fused-ring (bicyclic) bond motifs is 21. The quantitative estimate of drug-likeness (QED) is 0.145. The lowest BCUT2D eigenvalue weighted by molar-refractivity contribution is 0.632. The van der Waals surface area contributed by atoms with Gasteiger partial charge in [0.2, 0.25) is 0 Å². The van der Waals surface area contributed by atoms with Crippen molar-refractivity contribution in [3.63, 3.8) is 0 Å². The number of benzene rings is 3. The van der Waals surface area contributed by atoms with Crippen molar-refractivity contribution in [2.45, 2.75) is 16.2 Å². The van der Waals surface area contributed by atoms with Crippen LogP contribution >= 0.6 is 0 Å². The molecule has 64 heavy (non-hydrogen) atoms. The summed E-state index contributed by atoms with van der Waals surface area (Å²) >= 11 is 0. The molecule has 3 aliphatic heterocycles. The van der Waals surface area contributed by atoms with E-state index in [4.69, 9.17) is 29.9 Å². The minimum absolute atomic E-state index is 0.464. The average Bonchev–Trinajstić information content (AvgIpc) is 3.93. The molecule has 0 fully saturated rings. The van der Waals surface area contributed by atoms with E-state index in [1.54, 1.807) is 18.6 Å². The highest BCUT2D eigenvalue weighted by Gasteiger charge is 2.65. The Kier molecular flexibility index (Phi) is 5.77. The fourth-order valence-electron chi connectivity index (χ4n) is 12.7. The predicted octanol–water partition coefficient (Wildman–Crippen LogP) is 9.17. The molecule has 15 rings (SSSR count). The second-order valence-electron chi connectivity index (χ2n) is 17.1. The minimum atomic E-state index is -1.06. The molecule has 0 amide bonds. The van der Waals surface area contributed by atoms with Crippen molar-refractivity contribution in [1.82, 2.24) is 29.9 Å². The van der Waals surface area contributed by atoms with Crippen molar-refractivity contribution >= 4 is 17.1 Å². The number of para-hydroxylation sites is 3. The number of hydrogen-bond donors (Lipinski definition) is 0. The van der Waals surface area contributed by atoms with Crippen molar-refractivity contribution in [2.75, 3.05) is 4.90 Å². The van der Waals surface area contributed by atoms with E-state index in [-0.39, 0.29) is 0 Å². The lowest BCUT2D eigenvalue weighted by Crippen LogP contribution is -2.48. The molecule has 10 nitrogen and oxygen atoms in total. The molecule has 6 aromatic heterocycles. The molecule has 9 aromatic rings. The maximum atomic E-state index is 10.2. The smallest absolute Gasteiger partial charge is 0.110 e. The summed E-state index contributed by atoms with van der Waals surface area (Å²) < 4.78 is 0. The van der Waals surface area contributed by atoms with Crippen LogP contribution in [0.15, 0.2) is 146 Å². The summed E-state index contributed by atoms with van der Waals surface area (Å²) in [5.41, 5.74) is 17.2. The van der Waals surface area contributed by atoms with Crippen LogP contribution in [-0.2, 0) is 16.2 Å². The fraction of sp³-hybridized carbons (Fsp3) is 0.0556. The van der Waals surface area contributed by atoms with Crippen LogP contribution < -0.4 is 4.90 Å². The molecule has 0 radical (unpaired) electrons. The first-order valence-corrected chi connectivity index (χ1v) is 20.9.